The molecule has 1 aromatic rings. The molecule has 0 radical (unpaired) electrons. The average molecular weight is 335 g/mol. The number of hydrogen-bond donors (Lipinski definition) is 0. The van der Waals surface area contributed by atoms with Crippen molar-refractivity contribution >= 4 is 29.1 Å². The zero-order chi connectivity index (χ0) is 15.6. The quantitative estimate of drug-likeness (QED) is 0.796. The van der Waals surface area contributed by atoms with Gasteiger partial charge in [0.2, 0.25) is 5.91 Å². The molecule has 0 saturated carbocycles. The molecule has 116 valence electrons. The number of halogens is 3. The molecular formula is C14H17Cl2FN2O2. The molecule has 21 heavy (non-hydrogen) atoms. The lowest BCUT2D eigenvalue weighted by Crippen LogP contribution is -2.44. The van der Waals surface area contributed by atoms with Crippen molar-refractivity contribution in [1.82, 2.24) is 9.80 Å². The van der Waals surface area contributed by atoms with E-state index in [1.165, 1.54) is 12.1 Å². The Hall–Kier alpha value is -0.880. The van der Waals surface area contributed by atoms with Crippen LogP contribution in [0, 0.1) is 5.82 Å². The van der Waals surface area contributed by atoms with Gasteiger partial charge < -0.3 is 9.64 Å². The number of morpholine rings is 1. The predicted octanol–water partition coefficient (Wildman–Crippen LogP) is 2.59. The molecule has 1 fully saturated rings. The van der Waals surface area contributed by atoms with Gasteiger partial charge in [0.25, 0.3) is 0 Å². The number of carbonyl (C=O) groups excluding carboxylic acids is 1. The summed E-state index contributed by atoms with van der Waals surface area (Å²) in [6.45, 7) is 1.91. The summed E-state index contributed by atoms with van der Waals surface area (Å²) in [6.07, 6.45) is -0.368. The summed E-state index contributed by atoms with van der Waals surface area (Å²) in [6, 6.07) is 2.67. The van der Waals surface area contributed by atoms with E-state index in [2.05, 4.69) is 0 Å². The van der Waals surface area contributed by atoms with Crippen molar-refractivity contribution in [1.29, 1.82) is 0 Å². The van der Waals surface area contributed by atoms with Crippen LogP contribution in [0.3, 0.4) is 0 Å². The van der Waals surface area contributed by atoms with E-state index in [1.807, 2.05) is 4.90 Å². The highest BCUT2D eigenvalue weighted by Crippen LogP contribution is 2.32. The van der Waals surface area contributed by atoms with Gasteiger partial charge in [0.05, 0.1) is 24.3 Å². The first-order chi connectivity index (χ1) is 9.88. The molecule has 1 atom stereocenters. The topological polar surface area (TPSA) is 32.8 Å². The normalized spacial score (nSPS) is 19.6. The third-order valence-electron chi connectivity index (χ3n) is 3.39. The average Bonchev–Trinajstić information content (AvgIpc) is 2.43. The Morgan fingerprint density at radius 3 is 2.81 bits per heavy atom. The lowest BCUT2D eigenvalue weighted by Gasteiger charge is -2.33. The molecule has 7 heteroatoms. The van der Waals surface area contributed by atoms with Crippen LogP contribution in [0.25, 0.3) is 0 Å². The minimum Gasteiger partial charge on any atom is -0.371 e. The Kier molecular flexibility index (Phi) is 5.43. The second-order valence-electron chi connectivity index (χ2n) is 5.17. The maximum Gasteiger partial charge on any atom is 0.236 e. The minimum absolute atomic E-state index is 0.0146. The number of amides is 1. The maximum atomic E-state index is 13.6. The maximum absolute atomic E-state index is 13.6. The molecule has 1 heterocycles. The fourth-order valence-corrected chi connectivity index (χ4v) is 2.66. The Labute approximate surface area is 133 Å². The van der Waals surface area contributed by atoms with Gasteiger partial charge in [-0.1, -0.05) is 23.2 Å². The zero-order valence-electron chi connectivity index (χ0n) is 11.9. The third kappa shape index (κ3) is 4.07. The standard InChI is InChI=1S/C14H17Cl2FN2O2/c1-18(2)14(20)8-19-3-4-21-13(7-19)9-5-12(17)11(16)6-10(9)15/h5-6,13H,3-4,7-8H2,1-2H3/t13-/m1/s1. The van der Waals surface area contributed by atoms with Gasteiger partial charge in [0.15, 0.2) is 0 Å². The summed E-state index contributed by atoms with van der Waals surface area (Å²) in [5, 5.41) is 0.353. The lowest BCUT2D eigenvalue weighted by molar-refractivity contribution is -0.132. The molecule has 1 saturated heterocycles. The second-order valence-corrected chi connectivity index (χ2v) is 5.98. The van der Waals surface area contributed by atoms with Crippen molar-refractivity contribution in [2.75, 3.05) is 40.3 Å². The van der Waals surface area contributed by atoms with Gasteiger partial charge in [-0.3, -0.25) is 9.69 Å². The number of benzene rings is 1. The molecular weight excluding hydrogens is 318 g/mol. The van der Waals surface area contributed by atoms with Gasteiger partial charge in [-0.05, 0) is 12.1 Å². The Morgan fingerprint density at radius 1 is 1.43 bits per heavy atom. The van der Waals surface area contributed by atoms with Crippen LogP contribution in [0.2, 0.25) is 10.0 Å². The van der Waals surface area contributed by atoms with E-state index in [0.717, 1.165) is 0 Å². The van der Waals surface area contributed by atoms with Crippen LogP contribution >= 0.6 is 23.2 Å². The molecule has 0 N–H and O–H groups in total. The molecule has 0 aliphatic carbocycles. The van der Waals surface area contributed by atoms with Gasteiger partial charge in [-0.15, -0.1) is 0 Å². The minimum atomic E-state index is -0.527. The largest absolute Gasteiger partial charge is 0.371 e. The monoisotopic (exact) mass is 334 g/mol. The fraction of sp³-hybridized carbons (Fsp3) is 0.500. The number of carbonyl (C=O) groups is 1. The van der Waals surface area contributed by atoms with Gasteiger partial charge in [0, 0.05) is 37.8 Å². The molecule has 0 bridgehead atoms. The van der Waals surface area contributed by atoms with Gasteiger partial charge >= 0.3 is 0 Å². The number of ether oxygens (including phenoxy) is 1. The molecule has 1 aliphatic rings. The smallest absolute Gasteiger partial charge is 0.236 e. The van der Waals surface area contributed by atoms with E-state index >= 15 is 0 Å². The van der Waals surface area contributed by atoms with Crippen LogP contribution in [0.4, 0.5) is 4.39 Å². The zero-order valence-corrected chi connectivity index (χ0v) is 13.4. The second kappa shape index (κ2) is 6.92. The molecule has 0 aromatic heterocycles. The Balaban J connectivity index is 2.11. The van der Waals surface area contributed by atoms with Crippen molar-refractivity contribution < 1.29 is 13.9 Å². The Morgan fingerprint density at radius 2 is 2.14 bits per heavy atom. The van der Waals surface area contributed by atoms with Crippen molar-refractivity contribution in [3.63, 3.8) is 0 Å². The highest BCUT2D eigenvalue weighted by Gasteiger charge is 2.26. The first-order valence-electron chi connectivity index (χ1n) is 6.57. The van der Waals surface area contributed by atoms with Crippen molar-refractivity contribution in [2.45, 2.75) is 6.10 Å². The van der Waals surface area contributed by atoms with Crippen LogP contribution < -0.4 is 0 Å². The lowest BCUT2D eigenvalue weighted by atomic mass is 10.1. The van der Waals surface area contributed by atoms with Crippen LogP contribution in [0.1, 0.15) is 11.7 Å². The molecule has 1 aliphatic heterocycles. The Bertz CT molecular complexity index is 540. The SMILES string of the molecule is CN(C)C(=O)CN1CCO[C@@H](c2cc(F)c(Cl)cc2Cl)C1. The van der Waals surface area contributed by atoms with Crippen LogP contribution in [-0.2, 0) is 9.53 Å². The van der Waals surface area contributed by atoms with E-state index < -0.39 is 5.82 Å². The number of rotatable bonds is 3. The first kappa shape index (κ1) is 16.5. The van der Waals surface area contributed by atoms with Crippen LogP contribution in [0.15, 0.2) is 12.1 Å². The summed E-state index contributed by atoms with van der Waals surface area (Å²) in [5.41, 5.74) is 0.556. The van der Waals surface area contributed by atoms with Crippen LogP contribution in [-0.4, -0.2) is 56.0 Å². The molecule has 1 aromatic carbocycles. The summed E-state index contributed by atoms with van der Waals surface area (Å²) in [5.74, 6) is -0.509. The number of hydrogen-bond acceptors (Lipinski definition) is 3. The van der Waals surface area contributed by atoms with E-state index in [9.17, 15) is 9.18 Å². The van der Waals surface area contributed by atoms with Gasteiger partial charge in [0.1, 0.15) is 5.82 Å². The summed E-state index contributed by atoms with van der Waals surface area (Å²) < 4.78 is 19.3. The van der Waals surface area contributed by atoms with E-state index in [0.29, 0.717) is 36.8 Å². The third-order valence-corrected chi connectivity index (χ3v) is 4.01. The highest BCUT2D eigenvalue weighted by atomic mass is 35.5. The molecule has 0 spiro atoms. The first-order valence-corrected chi connectivity index (χ1v) is 7.32. The van der Waals surface area contributed by atoms with Crippen LogP contribution in [0.5, 0.6) is 0 Å². The van der Waals surface area contributed by atoms with Crippen molar-refractivity contribution in [2.24, 2.45) is 0 Å². The van der Waals surface area contributed by atoms with E-state index in [1.54, 1.807) is 19.0 Å². The number of likely N-dealkylation sites (N-methyl/N-ethyl adjacent to an activating group) is 1. The van der Waals surface area contributed by atoms with Gasteiger partial charge in [-0.25, -0.2) is 4.39 Å². The number of nitrogens with zero attached hydrogens (tertiary/aromatic N) is 2. The van der Waals surface area contributed by atoms with E-state index in [-0.39, 0.29) is 17.0 Å². The summed E-state index contributed by atoms with van der Waals surface area (Å²) >= 11 is 11.8. The predicted molar refractivity (Wildman–Crippen MR) is 80.2 cm³/mol. The molecule has 2 rings (SSSR count). The summed E-state index contributed by atoms with van der Waals surface area (Å²) in [7, 11) is 3.43. The fourth-order valence-electron chi connectivity index (χ4n) is 2.15. The molecule has 0 unspecified atom stereocenters. The highest BCUT2D eigenvalue weighted by molar-refractivity contribution is 6.35. The van der Waals surface area contributed by atoms with Gasteiger partial charge in [-0.2, -0.15) is 0 Å². The molecule has 4 nitrogen and oxygen atoms in total. The van der Waals surface area contributed by atoms with Crippen molar-refractivity contribution in [3.05, 3.63) is 33.6 Å². The van der Waals surface area contributed by atoms with Crippen molar-refractivity contribution in [3.8, 4) is 0 Å². The van der Waals surface area contributed by atoms with E-state index in [4.69, 9.17) is 27.9 Å². The summed E-state index contributed by atoms with van der Waals surface area (Å²) in [4.78, 5) is 15.3. The molecule has 1 amide bonds.